The second-order valence-corrected chi connectivity index (χ2v) is 7.12. The van der Waals surface area contributed by atoms with E-state index in [0.717, 1.165) is 0 Å². The van der Waals surface area contributed by atoms with E-state index in [1.165, 1.54) is 30.0 Å². The summed E-state index contributed by atoms with van der Waals surface area (Å²) in [7, 11) is 1.42. The number of aromatic nitrogens is 1. The number of rotatable bonds is 6. The topological polar surface area (TPSA) is 98.0 Å². The summed E-state index contributed by atoms with van der Waals surface area (Å²) in [6, 6.07) is 7.30. The molecule has 7 nitrogen and oxygen atoms in total. The minimum Gasteiger partial charge on any atom is -0.495 e. The van der Waals surface area contributed by atoms with Gasteiger partial charge in [-0.3, -0.25) is 4.79 Å². The minimum atomic E-state index is -1.64. The molecular weight excluding hydrogens is 417 g/mol. The molecule has 0 aliphatic carbocycles. The maximum atomic E-state index is 14.3. The highest BCUT2D eigenvalue weighted by Gasteiger charge is 2.20. The predicted molar refractivity (Wildman–Crippen MR) is 109 cm³/mol. The van der Waals surface area contributed by atoms with Crippen LogP contribution in [0.15, 0.2) is 41.3 Å². The average Bonchev–Trinajstić information content (AvgIpc) is 2.72. The lowest BCUT2D eigenvalue weighted by Crippen LogP contribution is -2.20. The van der Waals surface area contributed by atoms with E-state index in [-0.39, 0.29) is 23.4 Å². The monoisotopic (exact) mass is 435 g/mol. The molecular formula is C21H19ClFNO6. The fourth-order valence-electron chi connectivity index (χ4n) is 3.25. The van der Waals surface area contributed by atoms with Crippen molar-refractivity contribution >= 4 is 28.7 Å². The van der Waals surface area contributed by atoms with Crippen molar-refractivity contribution in [2.24, 2.45) is 0 Å². The first-order valence-electron chi connectivity index (χ1n) is 8.97. The van der Waals surface area contributed by atoms with Gasteiger partial charge in [0.05, 0.1) is 41.9 Å². The lowest BCUT2D eigenvalue weighted by molar-refractivity contribution is 0.143. The lowest BCUT2D eigenvalue weighted by atomic mass is 10.0. The summed E-state index contributed by atoms with van der Waals surface area (Å²) >= 11 is 5.85. The van der Waals surface area contributed by atoms with E-state index in [4.69, 9.17) is 21.4 Å². The van der Waals surface area contributed by atoms with Crippen LogP contribution in [-0.2, 0) is 6.42 Å². The number of pyridine rings is 1. The third-order valence-electron chi connectivity index (χ3n) is 4.70. The molecule has 0 saturated heterocycles. The number of hydrogen-bond donors (Lipinski definition) is 2. The number of aliphatic hydroxyl groups excluding tert-OH is 1. The van der Waals surface area contributed by atoms with Crippen molar-refractivity contribution in [2.45, 2.75) is 19.4 Å². The molecule has 9 heteroatoms. The predicted octanol–water partition coefficient (Wildman–Crippen LogP) is 4.00. The average molecular weight is 436 g/mol. The molecule has 0 aliphatic heterocycles. The molecule has 158 valence electrons. The van der Waals surface area contributed by atoms with Gasteiger partial charge in [0.15, 0.2) is 5.75 Å². The molecule has 0 fully saturated rings. The second-order valence-electron chi connectivity index (χ2n) is 6.71. The molecule has 1 aromatic heterocycles. The van der Waals surface area contributed by atoms with E-state index < -0.39 is 29.2 Å². The molecule has 0 aliphatic rings. The lowest BCUT2D eigenvalue weighted by Gasteiger charge is -2.20. The fourth-order valence-corrected chi connectivity index (χ4v) is 3.45. The van der Waals surface area contributed by atoms with E-state index in [1.807, 2.05) is 0 Å². The summed E-state index contributed by atoms with van der Waals surface area (Å²) in [5.74, 6) is -0.667. The van der Waals surface area contributed by atoms with Crippen molar-refractivity contribution in [1.29, 1.82) is 0 Å². The standard InChI is InChI=1S/C21H19ClFNO6/c1-11(10-25)24-9-17(30-21(27)28)20(26)14-7-12(8-16(29-2)19(14)24)6-13-4-3-5-15(22)18(13)23/h3-5,7-9,11,25H,6,10H2,1-2H3,(H,27,28)/t11-/m0/s1. The van der Waals surface area contributed by atoms with Gasteiger partial charge in [-0.05, 0) is 36.2 Å². The molecule has 1 atom stereocenters. The van der Waals surface area contributed by atoms with Crippen LogP contribution in [0.2, 0.25) is 5.02 Å². The van der Waals surface area contributed by atoms with E-state index >= 15 is 0 Å². The van der Waals surface area contributed by atoms with Crippen LogP contribution >= 0.6 is 11.6 Å². The summed E-state index contributed by atoms with van der Waals surface area (Å²) in [6.07, 6.45) is -0.297. The van der Waals surface area contributed by atoms with Gasteiger partial charge in [0.1, 0.15) is 11.6 Å². The van der Waals surface area contributed by atoms with Gasteiger partial charge in [-0.1, -0.05) is 23.7 Å². The number of ether oxygens (including phenoxy) is 2. The van der Waals surface area contributed by atoms with E-state index in [1.54, 1.807) is 25.1 Å². The summed E-state index contributed by atoms with van der Waals surface area (Å²) < 4.78 is 25.9. The first-order valence-corrected chi connectivity index (χ1v) is 9.34. The Kier molecular flexibility index (Phi) is 6.28. The fraction of sp³-hybridized carbons (Fsp3) is 0.238. The van der Waals surface area contributed by atoms with Crippen LogP contribution in [0.3, 0.4) is 0 Å². The molecule has 2 N–H and O–H groups in total. The van der Waals surface area contributed by atoms with E-state index in [9.17, 15) is 19.1 Å². The zero-order valence-electron chi connectivity index (χ0n) is 16.2. The maximum Gasteiger partial charge on any atom is 0.511 e. The summed E-state index contributed by atoms with van der Waals surface area (Å²) in [4.78, 5) is 23.9. The molecule has 30 heavy (non-hydrogen) atoms. The second kappa shape index (κ2) is 8.73. The smallest absolute Gasteiger partial charge is 0.495 e. The number of benzene rings is 2. The highest BCUT2D eigenvalue weighted by Crippen LogP contribution is 2.31. The molecule has 2 aromatic carbocycles. The van der Waals surface area contributed by atoms with Crippen molar-refractivity contribution in [2.75, 3.05) is 13.7 Å². The SMILES string of the molecule is COc1cc(Cc2cccc(Cl)c2F)cc2c(=O)c(OC(=O)O)cn([C@@H](C)CO)c12. The number of halogens is 2. The molecule has 0 saturated carbocycles. The molecule has 0 bridgehead atoms. The number of carbonyl (C=O) groups is 1. The van der Waals surface area contributed by atoms with Gasteiger partial charge < -0.3 is 24.3 Å². The first-order chi connectivity index (χ1) is 14.3. The van der Waals surface area contributed by atoms with Crippen LogP contribution < -0.4 is 14.9 Å². The van der Waals surface area contributed by atoms with Crippen molar-refractivity contribution in [3.63, 3.8) is 0 Å². The Morgan fingerprint density at radius 3 is 2.67 bits per heavy atom. The van der Waals surface area contributed by atoms with Crippen molar-refractivity contribution < 1.29 is 28.9 Å². The van der Waals surface area contributed by atoms with E-state index in [0.29, 0.717) is 22.4 Å². The van der Waals surface area contributed by atoms with Crippen molar-refractivity contribution in [3.8, 4) is 11.5 Å². The van der Waals surface area contributed by atoms with E-state index in [2.05, 4.69) is 4.74 Å². The molecule has 3 rings (SSSR count). The van der Waals surface area contributed by atoms with Gasteiger partial charge in [0, 0.05) is 6.42 Å². The number of fused-ring (bicyclic) bond motifs is 1. The molecule has 0 unspecified atom stereocenters. The Bertz CT molecular complexity index is 1180. The van der Waals surface area contributed by atoms with Gasteiger partial charge in [-0.2, -0.15) is 0 Å². The Balaban J connectivity index is 2.28. The van der Waals surface area contributed by atoms with Crippen LogP contribution in [0, 0.1) is 5.82 Å². The number of methoxy groups -OCH3 is 1. The highest BCUT2D eigenvalue weighted by molar-refractivity contribution is 6.30. The largest absolute Gasteiger partial charge is 0.511 e. The van der Waals surface area contributed by atoms with Crippen molar-refractivity contribution in [3.05, 3.63) is 68.7 Å². The molecule has 0 radical (unpaired) electrons. The third kappa shape index (κ3) is 4.10. The summed E-state index contributed by atoms with van der Waals surface area (Å²) in [5.41, 5.74) is 0.566. The summed E-state index contributed by atoms with van der Waals surface area (Å²) in [5, 5.41) is 18.7. The molecule has 1 heterocycles. The Morgan fingerprint density at radius 1 is 1.30 bits per heavy atom. The zero-order chi connectivity index (χ0) is 22.0. The van der Waals surface area contributed by atoms with Gasteiger partial charge in [-0.15, -0.1) is 0 Å². The van der Waals surface area contributed by atoms with Crippen LogP contribution in [0.1, 0.15) is 24.1 Å². The number of hydrogen-bond acceptors (Lipinski definition) is 5. The Labute approximate surface area is 175 Å². The number of aliphatic hydroxyl groups is 1. The van der Waals surface area contributed by atoms with Gasteiger partial charge in [-0.25, -0.2) is 9.18 Å². The highest BCUT2D eigenvalue weighted by atomic mass is 35.5. The zero-order valence-corrected chi connectivity index (χ0v) is 16.9. The van der Waals surface area contributed by atoms with Crippen LogP contribution in [0.5, 0.6) is 11.5 Å². The quantitative estimate of drug-likeness (QED) is 0.568. The van der Waals surface area contributed by atoms with Crippen molar-refractivity contribution in [1.82, 2.24) is 4.57 Å². The molecule has 0 amide bonds. The minimum absolute atomic E-state index is 0.0171. The van der Waals surface area contributed by atoms with Crippen LogP contribution in [0.25, 0.3) is 10.9 Å². The van der Waals surface area contributed by atoms with Gasteiger partial charge in [0.2, 0.25) is 5.43 Å². The maximum absolute atomic E-state index is 14.3. The molecule has 3 aromatic rings. The Hall–Kier alpha value is -3.10. The molecule has 0 spiro atoms. The normalized spacial score (nSPS) is 12.0. The van der Waals surface area contributed by atoms with Crippen LogP contribution in [0.4, 0.5) is 9.18 Å². The van der Waals surface area contributed by atoms with Crippen LogP contribution in [-0.4, -0.2) is 34.7 Å². The van der Waals surface area contributed by atoms with Gasteiger partial charge in [0.25, 0.3) is 0 Å². The number of nitrogens with zero attached hydrogens (tertiary/aromatic N) is 1. The number of carboxylic acid groups (broad SMARTS) is 1. The summed E-state index contributed by atoms with van der Waals surface area (Å²) in [6.45, 7) is 1.41. The third-order valence-corrected chi connectivity index (χ3v) is 4.99. The first kappa shape index (κ1) is 21.6. The van der Waals surface area contributed by atoms with Gasteiger partial charge >= 0.3 is 6.16 Å². The Morgan fingerprint density at radius 2 is 2.03 bits per heavy atom.